The number of carbonyl (C=O) groups is 1. The van der Waals surface area contributed by atoms with Gasteiger partial charge in [0.05, 0.1) is 23.7 Å². The Kier molecular flexibility index (Phi) is 8.59. The summed E-state index contributed by atoms with van der Waals surface area (Å²) in [6.07, 6.45) is 2.31. The van der Waals surface area contributed by atoms with Gasteiger partial charge in [0.15, 0.2) is 11.6 Å². The number of hydrogen-bond acceptors (Lipinski definition) is 5. The van der Waals surface area contributed by atoms with Gasteiger partial charge in [-0.3, -0.25) is 0 Å². The lowest BCUT2D eigenvalue weighted by atomic mass is 10.0. The number of benzene rings is 4. The second kappa shape index (κ2) is 12.7. The molecule has 1 atom stereocenters. The van der Waals surface area contributed by atoms with Crippen molar-refractivity contribution in [3.8, 4) is 16.9 Å². The molecule has 1 saturated heterocycles. The van der Waals surface area contributed by atoms with Crippen molar-refractivity contribution in [1.82, 2.24) is 14.9 Å². The van der Waals surface area contributed by atoms with Crippen molar-refractivity contribution in [1.29, 1.82) is 0 Å². The highest BCUT2D eigenvalue weighted by atomic mass is 35.5. The summed E-state index contributed by atoms with van der Waals surface area (Å²) in [6.45, 7) is 1.37. The van der Waals surface area contributed by atoms with Crippen LogP contribution < -0.4 is 10.1 Å². The highest BCUT2D eigenvalue weighted by Gasteiger charge is 2.21. The zero-order valence-corrected chi connectivity index (χ0v) is 24.6. The van der Waals surface area contributed by atoms with E-state index in [0.29, 0.717) is 40.1 Å². The monoisotopic (exact) mass is 619 g/mol. The highest BCUT2D eigenvalue weighted by Crippen LogP contribution is 2.30. The topological polar surface area (TPSA) is 65.4 Å². The average Bonchev–Trinajstić information content (AvgIpc) is 3.66. The fourth-order valence-electron chi connectivity index (χ4n) is 5.52. The van der Waals surface area contributed by atoms with Gasteiger partial charge in [0.1, 0.15) is 24.1 Å². The summed E-state index contributed by atoms with van der Waals surface area (Å²) in [5.74, 6) is -1.45. The number of halogens is 4. The van der Waals surface area contributed by atoms with Crippen LogP contribution in [-0.2, 0) is 24.3 Å². The molecule has 1 N–H and O–H groups in total. The van der Waals surface area contributed by atoms with Crippen molar-refractivity contribution in [3.63, 3.8) is 0 Å². The average molecular weight is 620 g/mol. The lowest BCUT2D eigenvalue weighted by molar-refractivity contribution is 0.0601. The second-order valence-electron chi connectivity index (χ2n) is 10.8. The maximum atomic E-state index is 15.6. The summed E-state index contributed by atoms with van der Waals surface area (Å²) in [5, 5.41) is 3.74. The molecule has 1 fully saturated rings. The number of ether oxygens (including phenoxy) is 2. The summed E-state index contributed by atoms with van der Waals surface area (Å²) in [7, 11) is 1.34. The molecular formula is C34H29ClF3N3O3. The molecule has 0 amide bonds. The van der Waals surface area contributed by atoms with Crippen LogP contribution in [0.25, 0.3) is 22.2 Å². The zero-order chi connectivity index (χ0) is 30.8. The van der Waals surface area contributed by atoms with E-state index in [2.05, 4.69) is 5.32 Å². The molecule has 0 bridgehead atoms. The van der Waals surface area contributed by atoms with Crippen LogP contribution in [0.1, 0.15) is 40.2 Å². The van der Waals surface area contributed by atoms with Crippen LogP contribution >= 0.6 is 11.6 Å². The molecule has 4 aromatic carbocycles. The Morgan fingerprint density at radius 2 is 1.73 bits per heavy atom. The number of esters is 1. The van der Waals surface area contributed by atoms with Crippen molar-refractivity contribution in [2.45, 2.75) is 38.5 Å². The molecule has 10 heteroatoms. The molecule has 1 aliphatic rings. The van der Waals surface area contributed by atoms with E-state index in [1.165, 1.54) is 43.5 Å². The van der Waals surface area contributed by atoms with Gasteiger partial charge in [-0.05, 0) is 84.6 Å². The number of nitrogens with one attached hydrogen (secondary N) is 1. The van der Waals surface area contributed by atoms with E-state index < -0.39 is 23.4 Å². The number of nitrogens with zero attached hydrogens (tertiary/aromatic N) is 2. The quantitative estimate of drug-likeness (QED) is 0.173. The molecule has 0 spiro atoms. The number of aromatic nitrogens is 2. The molecule has 5 aromatic rings. The maximum absolute atomic E-state index is 15.6. The Hall–Kier alpha value is -4.34. The number of imidazole rings is 1. The Labute approximate surface area is 257 Å². The van der Waals surface area contributed by atoms with Crippen LogP contribution in [0.4, 0.5) is 13.2 Å². The van der Waals surface area contributed by atoms with Gasteiger partial charge in [-0.1, -0.05) is 35.9 Å². The molecule has 1 unspecified atom stereocenters. The summed E-state index contributed by atoms with van der Waals surface area (Å²) < 4.78 is 56.8. The van der Waals surface area contributed by atoms with Gasteiger partial charge in [-0.2, -0.15) is 0 Å². The summed E-state index contributed by atoms with van der Waals surface area (Å²) >= 11 is 5.80. The molecule has 0 radical (unpaired) electrons. The maximum Gasteiger partial charge on any atom is 0.337 e. The van der Waals surface area contributed by atoms with Gasteiger partial charge in [0.2, 0.25) is 0 Å². The standard InChI is InChI=1S/C34H29ClF3N3O3/c1-43-34(42)23-8-11-30-31(14-23)41(18-26-3-2-12-39-26)33(40-30)16-22-5-4-20(13-28(22)37)21-7-10-27(36)32(15-21)44-19-24-6-9-25(35)17-29(24)38/h4-11,13-15,17,26,39H,2-3,12,16,18-19H2,1H3. The molecule has 1 aliphatic heterocycles. The number of rotatable bonds is 9. The van der Waals surface area contributed by atoms with E-state index in [0.717, 1.165) is 31.0 Å². The predicted molar refractivity (Wildman–Crippen MR) is 162 cm³/mol. The van der Waals surface area contributed by atoms with Crippen LogP contribution in [0, 0.1) is 17.5 Å². The lowest BCUT2D eigenvalue weighted by Gasteiger charge is -2.16. The first-order chi connectivity index (χ1) is 21.3. The zero-order valence-electron chi connectivity index (χ0n) is 23.9. The van der Waals surface area contributed by atoms with Crippen LogP contribution in [0.3, 0.4) is 0 Å². The Morgan fingerprint density at radius 1 is 0.955 bits per heavy atom. The van der Waals surface area contributed by atoms with Crippen molar-refractivity contribution in [2.24, 2.45) is 0 Å². The summed E-state index contributed by atoms with van der Waals surface area (Å²) in [5.41, 5.74) is 3.65. The summed E-state index contributed by atoms with van der Waals surface area (Å²) in [4.78, 5) is 17.0. The number of hydrogen-bond donors (Lipinski definition) is 1. The molecular weight excluding hydrogens is 591 g/mol. The molecule has 44 heavy (non-hydrogen) atoms. The van der Waals surface area contributed by atoms with Gasteiger partial charge in [-0.15, -0.1) is 0 Å². The van der Waals surface area contributed by atoms with Gasteiger partial charge in [0, 0.05) is 29.6 Å². The minimum absolute atomic E-state index is 0.0816. The van der Waals surface area contributed by atoms with E-state index in [9.17, 15) is 13.6 Å². The smallest absolute Gasteiger partial charge is 0.337 e. The molecule has 6 nitrogen and oxygen atoms in total. The summed E-state index contributed by atoms with van der Waals surface area (Å²) in [6, 6.07) is 18.7. The van der Waals surface area contributed by atoms with Crippen molar-refractivity contribution in [3.05, 3.63) is 118 Å². The van der Waals surface area contributed by atoms with Crippen molar-refractivity contribution < 1.29 is 27.4 Å². The molecule has 1 aromatic heterocycles. The van der Waals surface area contributed by atoms with E-state index in [4.69, 9.17) is 26.1 Å². The van der Waals surface area contributed by atoms with E-state index in [1.807, 2.05) is 4.57 Å². The van der Waals surface area contributed by atoms with E-state index in [1.54, 1.807) is 30.3 Å². The third-order valence-corrected chi connectivity index (χ3v) is 8.11. The lowest BCUT2D eigenvalue weighted by Crippen LogP contribution is -2.27. The first kappa shape index (κ1) is 29.7. The molecule has 226 valence electrons. The van der Waals surface area contributed by atoms with Crippen molar-refractivity contribution >= 4 is 28.6 Å². The fraction of sp³-hybridized carbons (Fsp3) is 0.235. The van der Waals surface area contributed by atoms with Gasteiger partial charge in [-0.25, -0.2) is 22.9 Å². The van der Waals surface area contributed by atoms with Crippen LogP contribution in [0.2, 0.25) is 5.02 Å². The van der Waals surface area contributed by atoms with Crippen LogP contribution in [0.15, 0.2) is 72.8 Å². The number of methoxy groups -OCH3 is 1. The molecule has 0 saturated carbocycles. The first-order valence-electron chi connectivity index (χ1n) is 14.2. The third kappa shape index (κ3) is 6.30. The number of carbonyl (C=O) groups excluding carboxylic acids is 1. The van der Waals surface area contributed by atoms with Gasteiger partial charge in [0.25, 0.3) is 0 Å². The van der Waals surface area contributed by atoms with Gasteiger partial charge < -0.3 is 19.4 Å². The van der Waals surface area contributed by atoms with Crippen LogP contribution in [0.5, 0.6) is 5.75 Å². The SMILES string of the molecule is COC(=O)c1ccc2nc(Cc3ccc(-c4ccc(F)c(OCc5ccc(Cl)cc5F)c4)cc3F)n(CC3CCCN3)c2c1. The normalized spacial score (nSPS) is 14.7. The molecule has 6 rings (SSSR count). The first-order valence-corrected chi connectivity index (χ1v) is 14.6. The minimum Gasteiger partial charge on any atom is -0.486 e. The van der Waals surface area contributed by atoms with Crippen molar-refractivity contribution in [2.75, 3.05) is 13.7 Å². The second-order valence-corrected chi connectivity index (χ2v) is 11.2. The van der Waals surface area contributed by atoms with E-state index >= 15 is 4.39 Å². The minimum atomic E-state index is -0.619. The van der Waals surface area contributed by atoms with Gasteiger partial charge >= 0.3 is 5.97 Å². The number of fused-ring (bicyclic) bond motifs is 1. The fourth-order valence-corrected chi connectivity index (χ4v) is 5.68. The third-order valence-electron chi connectivity index (χ3n) is 7.88. The van der Waals surface area contributed by atoms with Crippen LogP contribution in [-0.4, -0.2) is 35.2 Å². The highest BCUT2D eigenvalue weighted by molar-refractivity contribution is 6.30. The Bertz CT molecular complexity index is 1850. The Balaban J connectivity index is 1.26. The largest absolute Gasteiger partial charge is 0.486 e. The molecule has 0 aliphatic carbocycles. The predicted octanol–water partition coefficient (Wildman–Crippen LogP) is 7.48. The molecule has 2 heterocycles. The Morgan fingerprint density at radius 3 is 2.48 bits per heavy atom. The van der Waals surface area contributed by atoms with E-state index in [-0.39, 0.29) is 35.4 Å².